The van der Waals surface area contributed by atoms with Crippen LogP contribution >= 0.6 is 0 Å². The molecular weight excluding hydrogens is 260 g/mol. The molecule has 0 aromatic heterocycles. The van der Waals surface area contributed by atoms with Crippen molar-refractivity contribution in [3.63, 3.8) is 0 Å². The molecule has 0 bridgehead atoms. The number of hydrogen-bond acceptors (Lipinski definition) is 5. The van der Waals surface area contributed by atoms with Gasteiger partial charge in [-0.2, -0.15) is 0 Å². The van der Waals surface area contributed by atoms with E-state index in [9.17, 15) is 19.8 Å². The van der Waals surface area contributed by atoms with Gasteiger partial charge in [-0.1, -0.05) is 6.92 Å². The molecule has 0 fully saturated rings. The van der Waals surface area contributed by atoms with E-state index in [0.29, 0.717) is 6.54 Å². The summed E-state index contributed by atoms with van der Waals surface area (Å²) in [4.78, 5) is 26.9. The Hall–Kier alpha value is -2.08. The van der Waals surface area contributed by atoms with Crippen LogP contribution in [0.2, 0.25) is 0 Å². The smallest absolute Gasteiger partial charge is 0.236 e. The average Bonchev–Trinajstić information content (AvgIpc) is 2.37. The lowest BCUT2D eigenvalue weighted by atomic mass is 10.1. The maximum Gasteiger partial charge on any atom is 0.236 e. The molecule has 0 unspecified atom stereocenters. The minimum atomic E-state index is -0.295. The second kappa shape index (κ2) is 6.91. The van der Waals surface area contributed by atoms with Crippen molar-refractivity contribution in [3.05, 3.63) is 23.8 Å². The standard InChI is InChI=1S/C14H20N2O4/c1-4-16(9-14(20)15(2)3)8-13(19)11-6-5-10(17)7-12(11)18/h5-7,17-18H,4,8-9H2,1-3H3. The molecule has 6 nitrogen and oxygen atoms in total. The Morgan fingerprint density at radius 2 is 1.80 bits per heavy atom. The van der Waals surface area contributed by atoms with Gasteiger partial charge in [0.15, 0.2) is 5.78 Å². The van der Waals surface area contributed by atoms with Crippen LogP contribution in [-0.4, -0.2) is 65.4 Å². The Morgan fingerprint density at radius 3 is 2.30 bits per heavy atom. The molecule has 1 amide bonds. The predicted octanol–water partition coefficient (Wildman–Crippen LogP) is 0.691. The number of rotatable bonds is 6. The Labute approximate surface area is 118 Å². The van der Waals surface area contributed by atoms with Crippen molar-refractivity contribution in [1.29, 1.82) is 0 Å². The van der Waals surface area contributed by atoms with E-state index in [2.05, 4.69) is 0 Å². The summed E-state index contributed by atoms with van der Waals surface area (Å²) in [5, 5.41) is 18.8. The first-order chi connectivity index (χ1) is 9.35. The van der Waals surface area contributed by atoms with Crippen molar-refractivity contribution in [3.8, 4) is 11.5 Å². The van der Waals surface area contributed by atoms with Crippen LogP contribution in [0, 0.1) is 0 Å². The molecule has 0 radical (unpaired) electrons. The van der Waals surface area contributed by atoms with Gasteiger partial charge in [0.2, 0.25) is 5.91 Å². The normalized spacial score (nSPS) is 10.6. The van der Waals surface area contributed by atoms with E-state index < -0.39 is 0 Å². The number of amides is 1. The monoisotopic (exact) mass is 280 g/mol. The lowest BCUT2D eigenvalue weighted by molar-refractivity contribution is -0.129. The SMILES string of the molecule is CCN(CC(=O)c1ccc(O)cc1O)CC(=O)N(C)C. The third-order valence-corrected chi connectivity index (χ3v) is 2.95. The van der Waals surface area contributed by atoms with E-state index in [-0.39, 0.29) is 41.8 Å². The van der Waals surface area contributed by atoms with Crippen molar-refractivity contribution in [2.24, 2.45) is 0 Å². The number of nitrogens with zero attached hydrogens (tertiary/aromatic N) is 2. The molecule has 6 heteroatoms. The lowest BCUT2D eigenvalue weighted by Crippen LogP contribution is -2.39. The third-order valence-electron chi connectivity index (χ3n) is 2.95. The second-order valence-corrected chi connectivity index (χ2v) is 4.72. The second-order valence-electron chi connectivity index (χ2n) is 4.72. The highest BCUT2D eigenvalue weighted by Crippen LogP contribution is 2.23. The Morgan fingerprint density at radius 1 is 1.15 bits per heavy atom. The first kappa shape index (κ1) is 16.0. The van der Waals surface area contributed by atoms with Crippen LogP contribution in [0.1, 0.15) is 17.3 Å². The Balaban J connectivity index is 2.74. The van der Waals surface area contributed by atoms with Crippen LogP contribution in [0.3, 0.4) is 0 Å². The zero-order valence-corrected chi connectivity index (χ0v) is 12.0. The molecule has 110 valence electrons. The molecule has 0 saturated heterocycles. The van der Waals surface area contributed by atoms with E-state index in [1.165, 1.54) is 17.0 Å². The number of benzene rings is 1. The number of carbonyl (C=O) groups is 2. The fourth-order valence-corrected chi connectivity index (χ4v) is 1.66. The Bertz CT molecular complexity index is 500. The highest BCUT2D eigenvalue weighted by atomic mass is 16.3. The number of hydrogen-bond donors (Lipinski definition) is 2. The number of phenolic OH excluding ortho intramolecular Hbond substituents is 2. The minimum absolute atomic E-state index is 0.0361. The number of likely N-dealkylation sites (N-methyl/N-ethyl adjacent to an activating group) is 2. The molecule has 2 N–H and O–H groups in total. The molecule has 0 aliphatic carbocycles. The first-order valence-corrected chi connectivity index (χ1v) is 6.32. The van der Waals surface area contributed by atoms with E-state index in [1.54, 1.807) is 19.0 Å². The number of carbonyl (C=O) groups excluding carboxylic acids is 2. The van der Waals surface area contributed by atoms with Crippen molar-refractivity contribution < 1.29 is 19.8 Å². The summed E-state index contributed by atoms with van der Waals surface area (Å²) in [7, 11) is 3.31. The van der Waals surface area contributed by atoms with Gasteiger partial charge in [-0.15, -0.1) is 0 Å². The fraction of sp³-hybridized carbons (Fsp3) is 0.429. The molecule has 0 heterocycles. The van der Waals surface area contributed by atoms with Gasteiger partial charge in [0.1, 0.15) is 11.5 Å². The fourth-order valence-electron chi connectivity index (χ4n) is 1.66. The Kier molecular flexibility index (Phi) is 5.52. The molecule has 1 aromatic rings. The maximum atomic E-state index is 12.1. The van der Waals surface area contributed by atoms with Gasteiger partial charge in [0.25, 0.3) is 0 Å². The van der Waals surface area contributed by atoms with Gasteiger partial charge < -0.3 is 15.1 Å². The molecule has 0 aliphatic heterocycles. The highest BCUT2D eigenvalue weighted by Gasteiger charge is 2.17. The zero-order valence-electron chi connectivity index (χ0n) is 12.0. The molecule has 0 spiro atoms. The first-order valence-electron chi connectivity index (χ1n) is 6.32. The van der Waals surface area contributed by atoms with Crippen LogP contribution < -0.4 is 0 Å². The van der Waals surface area contributed by atoms with Crippen LogP contribution in [0.5, 0.6) is 11.5 Å². The zero-order chi connectivity index (χ0) is 15.3. The number of Topliss-reactive ketones (excluding diaryl/α,β-unsaturated/α-hetero) is 1. The molecule has 1 rings (SSSR count). The molecular formula is C14H20N2O4. The molecule has 0 saturated carbocycles. The summed E-state index contributed by atoms with van der Waals surface area (Å²) < 4.78 is 0. The summed E-state index contributed by atoms with van der Waals surface area (Å²) >= 11 is 0. The van der Waals surface area contributed by atoms with Crippen LogP contribution in [0.25, 0.3) is 0 Å². The summed E-state index contributed by atoms with van der Waals surface area (Å²) in [5.41, 5.74) is 0.138. The van der Waals surface area contributed by atoms with Crippen molar-refractivity contribution in [2.45, 2.75) is 6.92 Å². The lowest BCUT2D eigenvalue weighted by Gasteiger charge is -2.21. The summed E-state index contributed by atoms with van der Waals surface area (Å²) in [6.07, 6.45) is 0. The van der Waals surface area contributed by atoms with Gasteiger partial charge in [-0.05, 0) is 18.7 Å². The summed E-state index contributed by atoms with van der Waals surface area (Å²) in [6.45, 7) is 2.58. The number of aromatic hydroxyl groups is 2. The van der Waals surface area contributed by atoms with Gasteiger partial charge in [0, 0.05) is 20.2 Å². The average molecular weight is 280 g/mol. The van der Waals surface area contributed by atoms with Crippen LogP contribution in [-0.2, 0) is 4.79 Å². The van der Waals surface area contributed by atoms with E-state index in [4.69, 9.17) is 0 Å². The van der Waals surface area contributed by atoms with Gasteiger partial charge in [0.05, 0.1) is 18.7 Å². The van der Waals surface area contributed by atoms with Crippen LogP contribution in [0.4, 0.5) is 0 Å². The van der Waals surface area contributed by atoms with Gasteiger partial charge >= 0.3 is 0 Å². The molecule has 0 aliphatic rings. The van der Waals surface area contributed by atoms with Gasteiger partial charge in [-0.25, -0.2) is 0 Å². The molecule has 1 aromatic carbocycles. The van der Waals surface area contributed by atoms with Crippen molar-refractivity contribution >= 4 is 11.7 Å². The minimum Gasteiger partial charge on any atom is -0.508 e. The maximum absolute atomic E-state index is 12.1. The molecule has 20 heavy (non-hydrogen) atoms. The largest absolute Gasteiger partial charge is 0.508 e. The third kappa shape index (κ3) is 4.24. The van der Waals surface area contributed by atoms with Crippen molar-refractivity contribution in [2.75, 3.05) is 33.7 Å². The number of ketones is 1. The quantitative estimate of drug-likeness (QED) is 0.749. The summed E-state index contributed by atoms with van der Waals surface area (Å²) in [6, 6.07) is 3.83. The highest BCUT2D eigenvalue weighted by molar-refractivity contribution is 6.00. The van der Waals surface area contributed by atoms with E-state index in [0.717, 1.165) is 6.07 Å². The molecule has 0 atom stereocenters. The predicted molar refractivity (Wildman–Crippen MR) is 74.9 cm³/mol. The van der Waals surface area contributed by atoms with Crippen molar-refractivity contribution in [1.82, 2.24) is 9.80 Å². The van der Waals surface area contributed by atoms with Gasteiger partial charge in [-0.3, -0.25) is 14.5 Å². The van der Waals surface area contributed by atoms with E-state index in [1.807, 2.05) is 6.92 Å². The van der Waals surface area contributed by atoms with Crippen LogP contribution in [0.15, 0.2) is 18.2 Å². The number of phenols is 2. The topological polar surface area (TPSA) is 81.1 Å². The summed E-state index contributed by atoms with van der Waals surface area (Å²) in [5.74, 6) is -0.746. The van der Waals surface area contributed by atoms with E-state index >= 15 is 0 Å².